The number of rotatable bonds is 11. The molecule has 2 atom stereocenters. The number of aliphatic hydroxyl groups is 1. The van der Waals surface area contributed by atoms with Gasteiger partial charge in [0.2, 0.25) is 0 Å². The lowest BCUT2D eigenvalue weighted by Crippen LogP contribution is -2.51. The molecule has 0 aliphatic carbocycles. The van der Waals surface area contributed by atoms with E-state index in [1.165, 1.54) is 0 Å². The van der Waals surface area contributed by atoms with Crippen molar-refractivity contribution in [1.82, 2.24) is 5.32 Å². The van der Waals surface area contributed by atoms with Crippen LogP contribution in [-0.4, -0.2) is 49.2 Å². The topological polar surface area (TPSA) is 50.7 Å². The van der Waals surface area contributed by atoms with Crippen molar-refractivity contribution in [2.45, 2.75) is 65.1 Å². The van der Waals surface area contributed by atoms with Crippen LogP contribution in [0, 0.1) is 0 Å². The lowest BCUT2D eigenvalue weighted by Gasteiger charge is -2.33. The van der Waals surface area contributed by atoms with Crippen molar-refractivity contribution >= 4 is 0 Å². The highest BCUT2D eigenvalue weighted by Crippen LogP contribution is 2.15. The molecule has 0 aromatic rings. The largest absolute Gasteiger partial charge is 0.394 e. The summed E-state index contributed by atoms with van der Waals surface area (Å²) in [5, 5.41) is 12.9. The van der Waals surface area contributed by atoms with Crippen LogP contribution in [0.3, 0.4) is 0 Å². The van der Waals surface area contributed by atoms with Gasteiger partial charge >= 0.3 is 0 Å². The molecule has 0 amide bonds. The molecule has 4 nitrogen and oxygen atoms in total. The standard InChI is InChI=1S/C14H31NO3/c1-6-7-17-8-9-18-13(4)10-14(5,11-16)15-12(2)3/h12-13,15-16H,6-11H2,1-5H3. The average molecular weight is 261 g/mol. The summed E-state index contributed by atoms with van der Waals surface area (Å²) in [5.74, 6) is 0. The normalized spacial score (nSPS) is 16.8. The van der Waals surface area contributed by atoms with Gasteiger partial charge in [-0.15, -0.1) is 0 Å². The zero-order chi connectivity index (χ0) is 14.0. The number of nitrogens with one attached hydrogen (secondary N) is 1. The first-order valence-corrected chi connectivity index (χ1v) is 7.01. The molecule has 0 heterocycles. The zero-order valence-electron chi connectivity index (χ0n) is 12.7. The average Bonchev–Trinajstić information content (AvgIpc) is 2.27. The highest BCUT2D eigenvalue weighted by molar-refractivity contribution is 4.85. The van der Waals surface area contributed by atoms with E-state index in [9.17, 15) is 5.11 Å². The molecule has 0 spiro atoms. The molecule has 0 saturated carbocycles. The van der Waals surface area contributed by atoms with Crippen LogP contribution in [0.1, 0.15) is 47.5 Å². The van der Waals surface area contributed by atoms with E-state index in [1.54, 1.807) is 0 Å². The fourth-order valence-electron chi connectivity index (χ4n) is 2.11. The Balaban J connectivity index is 3.85. The Morgan fingerprint density at radius 3 is 2.33 bits per heavy atom. The molecule has 110 valence electrons. The van der Waals surface area contributed by atoms with Crippen molar-refractivity contribution in [2.24, 2.45) is 0 Å². The molecule has 0 saturated heterocycles. The van der Waals surface area contributed by atoms with E-state index in [0.29, 0.717) is 19.3 Å². The Morgan fingerprint density at radius 1 is 1.17 bits per heavy atom. The van der Waals surface area contributed by atoms with Gasteiger partial charge in [-0.25, -0.2) is 0 Å². The molecular weight excluding hydrogens is 230 g/mol. The maximum absolute atomic E-state index is 9.48. The fraction of sp³-hybridized carbons (Fsp3) is 1.00. The summed E-state index contributed by atoms with van der Waals surface area (Å²) in [6.07, 6.45) is 1.94. The number of hydrogen-bond acceptors (Lipinski definition) is 4. The van der Waals surface area contributed by atoms with Crippen LogP contribution < -0.4 is 5.32 Å². The Labute approximate surface area is 112 Å². The van der Waals surface area contributed by atoms with Crippen LogP contribution in [0.25, 0.3) is 0 Å². The third-order valence-corrected chi connectivity index (χ3v) is 2.70. The second kappa shape index (κ2) is 9.73. The van der Waals surface area contributed by atoms with Gasteiger partial charge in [0, 0.05) is 18.2 Å². The first-order chi connectivity index (χ1) is 8.43. The van der Waals surface area contributed by atoms with Gasteiger partial charge in [-0.1, -0.05) is 20.8 Å². The van der Waals surface area contributed by atoms with Crippen LogP contribution in [-0.2, 0) is 9.47 Å². The van der Waals surface area contributed by atoms with Crippen molar-refractivity contribution in [3.8, 4) is 0 Å². The number of hydrogen-bond donors (Lipinski definition) is 2. The lowest BCUT2D eigenvalue weighted by molar-refractivity contribution is -0.00781. The smallest absolute Gasteiger partial charge is 0.0704 e. The van der Waals surface area contributed by atoms with Crippen molar-refractivity contribution < 1.29 is 14.6 Å². The molecule has 2 N–H and O–H groups in total. The van der Waals surface area contributed by atoms with Crippen LogP contribution in [0.15, 0.2) is 0 Å². The van der Waals surface area contributed by atoms with Gasteiger partial charge in [-0.2, -0.15) is 0 Å². The van der Waals surface area contributed by atoms with Crippen LogP contribution >= 0.6 is 0 Å². The van der Waals surface area contributed by atoms with E-state index in [1.807, 2.05) is 13.8 Å². The monoisotopic (exact) mass is 261 g/mol. The minimum absolute atomic E-state index is 0.110. The fourth-order valence-corrected chi connectivity index (χ4v) is 2.11. The van der Waals surface area contributed by atoms with Gasteiger partial charge in [0.25, 0.3) is 0 Å². The molecular formula is C14H31NO3. The highest BCUT2D eigenvalue weighted by Gasteiger charge is 2.26. The molecule has 4 heteroatoms. The first kappa shape index (κ1) is 17.8. The minimum Gasteiger partial charge on any atom is -0.394 e. The SMILES string of the molecule is CCCOCCOC(C)CC(C)(CO)NC(C)C. The summed E-state index contributed by atoms with van der Waals surface area (Å²) >= 11 is 0. The van der Waals surface area contributed by atoms with E-state index < -0.39 is 0 Å². The van der Waals surface area contributed by atoms with Gasteiger partial charge < -0.3 is 19.9 Å². The van der Waals surface area contributed by atoms with E-state index in [4.69, 9.17) is 9.47 Å². The van der Waals surface area contributed by atoms with Crippen molar-refractivity contribution in [3.63, 3.8) is 0 Å². The molecule has 0 aromatic carbocycles. The summed E-state index contributed by atoms with van der Waals surface area (Å²) < 4.78 is 11.1. The second-order valence-electron chi connectivity index (χ2n) is 5.52. The van der Waals surface area contributed by atoms with E-state index in [2.05, 4.69) is 26.1 Å². The van der Waals surface area contributed by atoms with Crippen molar-refractivity contribution in [3.05, 3.63) is 0 Å². The Morgan fingerprint density at radius 2 is 1.83 bits per heavy atom. The van der Waals surface area contributed by atoms with Crippen molar-refractivity contribution in [1.29, 1.82) is 0 Å². The highest BCUT2D eigenvalue weighted by atomic mass is 16.5. The molecule has 18 heavy (non-hydrogen) atoms. The predicted octanol–water partition coefficient (Wildman–Crippen LogP) is 1.96. The van der Waals surface area contributed by atoms with Gasteiger partial charge in [0.15, 0.2) is 0 Å². The molecule has 0 rings (SSSR count). The third kappa shape index (κ3) is 8.86. The quantitative estimate of drug-likeness (QED) is 0.558. The molecule has 0 aliphatic heterocycles. The molecule has 0 fully saturated rings. The first-order valence-electron chi connectivity index (χ1n) is 7.01. The Hall–Kier alpha value is -0.160. The lowest BCUT2D eigenvalue weighted by atomic mass is 9.95. The minimum atomic E-state index is -0.280. The predicted molar refractivity (Wildman–Crippen MR) is 74.9 cm³/mol. The Bertz CT molecular complexity index is 199. The van der Waals surface area contributed by atoms with Crippen LogP contribution in [0.5, 0.6) is 0 Å². The summed E-state index contributed by atoms with van der Waals surface area (Å²) in [5.41, 5.74) is -0.280. The molecule has 0 radical (unpaired) electrons. The van der Waals surface area contributed by atoms with E-state index in [0.717, 1.165) is 19.4 Å². The summed E-state index contributed by atoms with van der Waals surface area (Å²) in [6, 6.07) is 0.349. The molecule has 0 aromatic heterocycles. The second-order valence-corrected chi connectivity index (χ2v) is 5.52. The molecule has 0 aliphatic rings. The summed E-state index contributed by atoms with van der Waals surface area (Å²) in [4.78, 5) is 0. The van der Waals surface area contributed by atoms with Crippen LogP contribution in [0.4, 0.5) is 0 Å². The van der Waals surface area contributed by atoms with Gasteiger partial charge in [-0.05, 0) is 26.7 Å². The van der Waals surface area contributed by atoms with Crippen molar-refractivity contribution in [2.75, 3.05) is 26.4 Å². The summed E-state index contributed by atoms with van der Waals surface area (Å²) in [7, 11) is 0. The molecule has 0 bridgehead atoms. The number of ether oxygens (including phenoxy) is 2. The third-order valence-electron chi connectivity index (χ3n) is 2.70. The van der Waals surface area contributed by atoms with Crippen LogP contribution in [0.2, 0.25) is 0 Å². The van der Waals surface area contributed by atoms with E-state index in [-0.39, 0.29) is 18.2 Å². The van der Waals surface area contributed by atoms with Gasteiger partial charge in [0.05, 0.1) is 25.9 Å². The molecule has 2 unspecified atom stereocenters. The maximum Gasteiger partial charge on any atom is 0.0704 e. The Kier molecular flexibility index (Phi) is 9.64. The number of aliphatic hydroxyl groups excluding tert-OH is 1. The zero-order valence-corrected chi connectivity index (χ0v) is 12.7. The van der Waals surface area contributed by atoms with Gasteiger partial charge in [-0.3, -0.25) is 0 Å². The maximum atomic E-state index is 9.48. The summed E-state index contributed by atoms with van der Waals surface area (Å²) in [6.45, 7) is 12.5. The van der Waals surface area contributed by atoms with E-state index >= 15 is 0 Å². The van der Waals surface area contributed by atoms with Gasteiger partial charge in [0.1, 0.15) is 0 Å².